The third-order valence-corrected chi connectivity index (χ3v) is 4.82. The highest BCUT2D eigenvalue weighted by atomic mass is 16.5. The quantitative estimate of drug-likeness (QED) is 0.850. The Hall–Kier alpha value is -0.860. The number of hydrogen-bond donors (Lipinski definition) is 1. The Balaban J connectivity index is 1.42. The minimum Gasteiger partial charge on any atom is -0.378 e. The molecule has 0 amide bonds. The Labute approximate surface area is 116 Å². The molecule has 3 atom stereocenters. The van der Waals surface area contributed by atoms with Crippen LogP contribution in [0, 0.1) is 11.8 Å². The van der Waals surface area contributed by atoms with Crippen molar-refractivity contribution >= 4 is 0 Å². The highest BCUT2D eigenvalue weighted by Crippen LogP contribution is 2.50. The molecule has 2 saturated carbocycles. The van der Waals surface area contributed by atoms with Gasteiger partial charge in [0.05, 0.1) is 6.10 Å². The summed E-state index contributed by atoms with van der Waals surface area (Å²) in [5.41, 5.74) is 7.87. The van der Waals surface area contributed by atoms with Crippen LogP contribution in [0.5, 0.6) is 0 Å². The summed E-state index contributed by atoms with van der Waals surface area (Å²) in [5.74, 6) is 2.25. The van der Waals surface area contributed by atoms with E-state index in [0.29, 0.717) is 18.1 Å². The standard InChI is InChI=1S/C17H25NO/c1-2-19-14-8-12(9-14)10-17(18)16-11-15(16)13-6-4-3-5-7-13/h3-7,12,14-17H,2,8-11,18H2,1H3. The van der Waals surface area contributed by atoms with Crippen LogP contribution in [0.25, 0.3) is 0 Å². The summed E-state index contributed by atoms with van der Waals surface area (Å²) < 4.78 is 5.62. The van der Waals surface area contributed by atoms with Crippen molar-refractivity contribution in [3.8, 4) is 0 Å². The molecule has 2 N–H and O–H groups in total. The Kier molecular flexibility index (Phi) is 3.90. The van der Waals surface area contributed by atoms with Gasteiger partial charge in [-0.1, -0.05) is 30.3 Å². The van der Waals surface area contributed by atoms with Gasteiger partial charge in [0, 0.05) is 12.6 Å². The molecule has 3 unspecified atom stereocenters. The Bertz CT molecular complexity index is 399. The summed E-state index contributed by atoms with van der Waals surface area (Å²) in [6.45, 7) is 2.93. The fourth-order valence-electron chi connectivity index (χ4n) is 3.57. The molecule has 0 saturated heterocycles. The zero-order valence-corrected chi connectivity index (χ0v) is 11.8. The number of ether oxygens (including phenoxy) is 1. The van der Waals surface area contributed by atoms with Crippen molar-refractivity contribution < 1.29 is 4.74 Å². The third-order valence-electron chi connectivity index (χ3n) is 4.82. The van der Waals surface area contributed by atoms with Crippen LogP contribution in [0.3, 0.4) is 0 Å². The molecule has 0 radical (unpaired) electrons. The summed E-state index contributed by atoms with van der Waals surface area (Å²) in [6.07, 6.45) is 5.45. The summed E-state index contributed by atoms with van der Waals surface area (Å²) >= 11 is 0. The first-order valence-corrected chi connectivity index (χ1v) is 7.70. The number of hydrogen-bond acceptors (Lipinski definition) is 2. The maximum atomic E-state index is 6.40. The smallest absolute Gasteiger partial charge is 0.0580 e. The Morgan fingerprint density at radius 2 is 1.95 bits per heavy atom. The topological polar surface area (TPSA) is 35.2 Å². The van der Waals surface area contributed by atoms with E-state index in [2.05, 4.69) is 37.3 Å². The van der Waals surface area contributed by atoms with Crippen LogP contribution >= 0.6 is 0 Å². The van der Waals surface area contributed by atoms with E-state index in [-0.39, 0.29) is 0 Å². The monoisotopic (exact) mass is 259 g/mol. The van der Waals surface area contributed by atoms with Gasteiger partial charge in [-0.05, 0) is 55.9 Å². The molecule has 2 fully saturated rings. The lowest BCUT2D eigenvalue weighted by Crippen LogP contribution is -2.36. The minimum atomic E-state index is 0.387. The summed E-state index contributed by atoms with van der Waals surface area (Å²) in [6, 6.07) is 11.2. The summed E-state index contributed by atoms with van der Waals surface area (Å²) in [4.78, 5) is 0. The number of rotatable bonds is 6. The molecule has 2 nitrogen and oxygen atoms in total. The van der Waals surface area contributed by atoms with Gasteiger partial charge >= 0.3 is 0 Å². The molecule has 2 aliphatic rings. The first-order chi connectivity index (χ1) is 9.28. The molecule has 1 aromatic carbocycles. The highest BCUT2D eigenvalue weighted by molar-refractivity contribution is 5.26. The normalized spacial score (nSPS) is 34.6. The predicted molar refractivity (Wildman–Crippen MR) is 78.0 cm³/mol. The lowest BCUT2D eigenvalue weighted by molar-refractivity contribution is -0.0286. The SMILES string of the molecule is CCOC1CC(CC(N)C2CC2c2ccccc2)C1. The fraction of sp³-hybridized carbons (Fsp3) is 0.647. The van der Waals surface area contributed by atoms with Crippen LogP contribution in [-0.2, 0) is 4.74 Å². The van der Waals surface area contributed by atoms with Gasteiger partial charge < -0.3 is 10.5 Å². The second kappa shape index (κ2) is 5.64. The molecule has 0 aromatic heterocycles. The summed E-state index contributed by atoms with van der Waals surface area (Å²) in [7, 11) is 0. The molecule has 104 valence electrons. The van der Waals surface area contributed by atoms with Crippen molar-refractivity contribution in [2.24, 2.45) is 17.6 Å². The fourth-order valence-corrected chi connectivity index (χ4v) is 3.57. The zero-order valence-electron chi connectivity index (χ0n) is 11.8. The number of nitrogens with two attached hydrogens (primary N) is 1. The predicted octanol–water partition coefficient (Wildman–Crippen LogP) is 3.32. The minimum absolute atomic E-state index is 0.387. The van der Waals surface area contributed by atoms with Gasteiger partial charge in [-0.3, -0.25) is 0 Å². The van der Waals surface area contributed by atoms with E-state index in [1.54, 1.807) is 0 Å². The molecule has 19 heavy (non-hydrogen) atoms. The third kappa shape index (κ3) is 3.01. The first-order valence-electron chi connectivity index (χ1n) is 7.70. The van der Waals surface area contributed by atoms with Crippen LogP contribution in [-0.4, -0.2) is 18.8 Å². The van der Waals surface area contributed by atoms with Gasteiger partial charge in [-0.2, -0.15) is 0 Å². The van der Waals surface area contributed by atoms with Gasteiger partial charge in [0.15, 0.2) is 0 Å². The van der Waals surface area contributed by atoms with Gasteiger partial charge in [0.2, 0.25) is 0 Å². The second-order valence-corrected chi connectivity index (χ2v) is 6.23. The van der Waals surface area contributed by atoms with Crippen molar-refractivity contribution in [3.05, 3.63) is 35.9 Å². The molecule has 0 spiro atoms. The maximum Gasteiger partial charge on any atom is 0.0580 e. The zero-order chi connectivity index (χ0) is 13.2. The van der Waals surface area contributed by atoms with E-state index >= 15 is 0 Å². The van der Waals surface area contributed by atoms with Crippen LogP contribution < -0.4 is 5.73 Å². The highest BCUT2D eigenvalue weighted by Gasteiger charge is 2.44. The van der Waals surface area contributed by atoms with Crippen molar-refractivity contribution in [2.75, 3.05) is 6.61 Å². The van der Waals surface area contributed by atoms with E-state index in [1.165, 1.54) is 31.2 Å². The van der Waals surface area contributed by atoms with Crippen molar-refractivity contribution in [3.63, 3.8) is 0 Å². The van der Waals surface area contributed by atoms with E-state index < -0.39 is 0 Å². The molecule has 3 rings (SSSR count). The Morgan fingerprint density at radius 1 is 1.21 bits per heavy atom. The van der Waals surface area contributed by atoms with Crippen LogP contribution in [0.1, 0.15) is 44.1 Å². The lowest BCUT2D eigenvalue weighted by Gasteiger charge is -2.36. The molecular weight excluding hydrogens is 234 g/mol. The number of benzene rings is 1. The molecule has 2 aliphatic carbocycles. The van der Waals surface area contributed by atoms with E-state index in [9.17, 15) is 0 Å². The van der Waals surface area contributed by atoms with E-state index in [1.807, 2.05) is 0 Å². The van der Waals surface area contributed by atoms with Crippen LogP contribution in [0.4, 0.5) is 0 Å². The maximum absolute atomic E-state index is 6.40. The van der Waals surface area contributed by atoms with Gasteiger partial charge in [-0.15, -0.1) is 0 Å². The largest absolute Gasteiger partial charge is 0.378 e. The first kappa shape index (κ1) is 13.1. The molecule has 1 aromatic rings. The molecule has 0 heterocycles. The molecule has 0 bridgehead atoms. The van der Waals surface area contributed by atoms with Crippen molar-refractivity contribution in [2.45, 2.75) is 50.7 Å². The average molecular weight is 259 g/mol. The Morgan fingerprint density at radius 3 is 2.63 bits per heavy atom. The molecule has 0 aliphatic heterocycles. The van der Waals surface area contributed by atoms with Crippen molar-refractivity contribution in [1.82, 2.24) is 0 Å². The average Bonchev–Trinajstić information content (AvgIpc) is 3.17. The van der Waals surface area contributed by atoms with Gasteiger partial charge in [0.25, 0.3) is 0 Å². The second-order valence-electron chi connectivity index (χ2n) is 6.23. The van der Waals surface area contributed by atoms with Gasteiger partial charge in [0.1, 0.15) is 0 Å². The van der Waals surface area contributed by atoms with Gasteiger partial charge in [-0.25, -0.2) is 0 Å². The lowest BCUT2D eigenvalue weighted by atomic mass is 9.77. The van der Waals surface area contributed by atoms with E-state index in [0.717, 1.165) is 18.4 Å². The summed E-state index contributed by atoms with van der Waals surface area (Å²) in [5, 5.41) is 0. The van der Waals surface area contributed by atoms with Crippen molar-refractivity contribution in [1.29, 1.82) is 0 Å². The molecular formula is C17H25NO. The van der Waals surface area contributed by atoms with Crippen LogP contribution in [0.2, 0.25) is 0 Å². The van der Waals surface area contributed by atoms with Crippen LogP contribution in [0.15, 0.2) is 30.3 Å². The van der Waals surface area contributed by atoms with E-state index in [4.69, 9.17) is 10.5 Å². The molecule has 2 heteroatoms.